The molecule has 0 aliphatic rings. The maximum absolute atomic E-state index is 13.4. The highest BCUT2D eigenvalue weighted by Gasteiger charge is 2.26. The number of hydrogen-bond acceptors (Lipinski definition) is 0. The molecule has 1 aromatic rings. The molecule has 0 nitrogen and oxygen atoms in total. The SMILES string of the molecule is Cc1cc(F)c(C(C)(C)C)c(F)c1F. The van der Waals surface area contributed by atoms with Gasteiger partial charge in [-0.2, -0.15) is 0 Å². The van der Waals surface area contributed by atoms with Gasteiger partial charge in [-0.15, -0.1) is 0 Å². The van der Waals surface area contributed by atoms with Crippen LogP contribution in [0.4, 0.5) is 13.2 Å². The zero-order valence-corrected chi connectivity index (χ0v) is 8.71. The number of benzene rings is 1. The Bertz CT molecular complexity index is 362. The molecule has 1 rings (SSSR count). The standard InChI is InChI=1S/C11H13F3/c1-6-5-7(12)8(11(2,3)4)10(14)9(6)13/h5H,1-4H3. The van der Waals surface area contributed by atoms with E-state index in [-0.39, 0.29) is 11.1 Å². The lowest BCUT2D eigenvalue weighted by atomic mass is 9.85. The van der Waals surface area contributed by atoms with Crippen molar-refractivity contribution in [3.63, 3.8) is 0 Å². The van der Waals surface area contributed by atoms with Gasteiger partial charge >= 0.3 is 0 Å². The van der Waals surface area contributed by atoms with Crippen molar-refractivity contribution in [3.8, 4) is 0 Å². The molecule has 0 saturated heterocycles. The molecule has 14 heavy (non-hydrogen) atoms. The average molecular weight is 202 g/mol. The first-order valence-corrected chi connectivity index (χ1v) is 4.39. The van der Waals surface area contributed by atoms with E-state index in [0.717, 1.165) is 6.07 Å². The van der Waals surface area contributed by atoms with Crippen molar-refractivity contribution in [1.29, 1.82) is 0 Å². The fourth-order valence-corrected chi connectivity index (χ4v) is 1.40. The van der Waals surface area contributed by atoms with E-state index in [0.29, 0.717) is 0 Å². The first-order chi connectivity index (χ1) is 6.25. The van der Waals surface area contributed by atoms with Crippen LogP contribution < -0.4 is 0 Å². The van der Waals surface area contributed by atoms with E-state index in [1.54, 1.807) is 20.8 Å². The molecule has 0 amide bonds. The van der Waals surface area contributed by atoms with E-state index < -0.39 is 22.9 Å². The molecule has 0 aromatic heterocycles. The molecule has 0 fully saturated rings. The van der Waals surface area contributed by atoms with Crippen LogP contribution >= 0.6 is 0 Å². The summed E-state index contributed by atoms with van der Waals surface area (Å²) in [5.41, 5.74) is -0.934. The van der Waals surface area contributed by atoms with Gasteiger partial charge in [0, 0.05) is 5.56 Å². The highest BCUT2D eigenvalue weighted by atomic mass is 19.2. The summed E-state index contributed by atoms with van der Waals surface area (Å²) in [5, 5.41) is 0. The summed E-state index contributed by atoms with van der Waals surface area (Å²) in [6.07, 6.45) is 0. The van der Waals surface area contributed by atoms with Crippen LogP contribution in [-0.4, -0.2) is 0 Å². The molecule has 0 bridgehead atoms. The minimum absolute atomic E-state index is 0.00648. The molecule has 0 heterocycles. The molecule has 78 valence electrons. The van der Waals surface area contributed by atoms with Crippen LogP contribution in [0.1, 0.15) is 31.9 Å². The van der Waals surface area contributed by atoms with E-state index in [1.807, 2.05) is 0 Å². The highest BCUT2D eigenvalue weighted by Crippen LogP contribution is 2.30. The molecular weight excluding hydrogens is 189 g/mol. The lowest BCUT2D eigenvalue weighted by Crippen LogP contribution is -2.17. The first kappa shape index (κ1) is 11.1. The Kier molecular flexibility index (Phi) is 2.61. The zero-order valence-electron chi connectivity index (χ0n) is 8.71. The van der Waals surface area contributed by atoms with Gasteiger partial charge in [-0.05, 0) is 24.0 Å². The lowest BCUT2D eigenvalue weighted by Gasteiger charge is -2.21. The largest absolute Gasteiger partial charge is 0.207 e. The number of halogens is 3. The second kappa shape index (κ2) is 3.30. The van der Waals surface area contributed by atoms with Crippen molar-refractivity contribution in [2.75, 3.05) is 0 Å². The molecular formula is C11H13F3. The van der Waals surface area contributed by atoms with Crippen LogP contribution in [0.3, 0.4) is 0 Å². The van der Waals surface area contributed by atoms with Gasteiger partial charge < -0.3 is 0 Å². The van der Waals surface area contributed by atoms with Crippen molar-refractivity contribution < 1.29 is 13.2 Å². The topological polar surface area (TPSA) is 0 Å². The molecule has 0 unspecified atom stereocenters. The van der Waals surface area contributed by atoms with Gasteiger partial charge in [0.2, 0.25) is 0 Å². The second-order valence-electron chi connectivity index (χ2n) is 4.43. The molecule has 1 aromatic carbocycles. The van der Waals surface area contributed by atoms with E-state index in [9.17, 15) is 13.2 Å². The Morgan fingerprint density at radius 3 is 1.93 bits per heavy atom. The van der Waals surface area contributed by atoms with Gasteiger partial charge in [0.1, 0.15) is 5.82 Å². The number of rotatable bonds is 0. The fourth-order valence-electron chi connectivity index (χ4n) is 1.40. The van der Waals surface area contributed by atoms with Crippen LogP contribution in [0.2, 0.25) is 0 Å². The van der Waals surface area contributed by atoms with Crippen LogP contribution in [-0.2, 0) is 5.41 Å². The second-order valence-corrected chi connectivity index (χ2v) is 4.43. The Balaban J connectivity index is 3.53. The molecule has 0 N–H and O–H groups in total. The van der Waals surface area contributed by atoms with Crippen LogP contribution in [0.25, 0.3) is 0 Å². The molecule has 0 radical (unpaired) electrons. The van der Waals surface area contributed by atoms with Gasteiger partial charge in [-0.1, -0.05) is 20.8 Å². The van der Waals surface area contributed by atoms with Gasteiger partial charge in [0.15, 0.2) is 11.6 Å². The van der Waals surface area contributed by atoms with Crippen molar-refractivity contribution >= 4 is 0 Å². The fraction of sp³-hybridized carbons (Fsp3) is 0.455. The lowest BCUT2D eigenvalue weighted by molar-refractivity contribution is 0.432. The summed E-state index contributed by atoms with van der Waals surface area (Å²) in [6, 6.07) is 1.03. The number of aryl methyl sites for hydroxylation is 1. The Labute approximate surface area is 81.8 Å². The first-order valence-electron chi connectivity index (χ1n) is 4.39. The third kappa shape index (κ3) is 1.76. The summed E-state index contributed by atoms with van der Waals surface area (Å²) in [7, 11) is 0. The van der Waals surface area contributed by atoms with E-state index in [2.05, 4.69) is 0 Å². The van der Waals surface area contributed by atoms with Crippen molar-refractivity contribution in [3.05, 3.63) is 34.6 Å². The van der Waals surface area contributed by atoms with Crippen LogP contribution in [0, 0.1) is 24.4 Å². The Hall–Kier alpha value is -0.990. The van der Waals surface area contributed by atoms with Gasteiger partial charge in [-0.3, -0.25) is 0 Å². The van der Waals surface area contributed by atoms with Crippen molar-refractivity contribution in [2.24, 2.45) is 0 Å². The molecule has 0 aliphatic carbocycles. The van der Waals surface area contributed by atoms with Crippen LogP contribution in [0.15, 0.2) is 6.07 Å². The van der Waals surface area contributed by atoms with Crippen molar-refractivity contribution in [2.45, 2.75) is 33.1 Å². The minimum Gasteiger partial charge on any atom is -0.207 e. The summed E-state index contributed by atoms with van der Waals surface area (Å²) < 4.78 is 39.9. The normalized spacial score (nSPS) is 11.9. The average Bonchev–Trinajstić information content (AvgIpc) is 1.97. The third-order valence-electron chi connectivity index (χ3n) is 2.09. The number of hydrogen-bond donors (Lipinski definition) is 0. The van der Waals surface area contributed by atoms with Gasteiger partial charge in [-0.25, -0.2) is 13.2 Å². The minimum atomic E-state index is -1.07. The maximum Gasteiger partial charge on any atom is 0.165 e. The highest BCUT2D eigenvalue weighted by molar-refractivity contribution is 5.31. The monoisotopic (exact) mass is 202 g/mol. The molecule has 3 heteroatoms. The van der Waals surface area contributed by atoms with Crippen LogP contribution in [0.5, 0.6) is 0 Å². The van der Waals surface area contributed by atoms with Gasteiger partial charge in [0.25, 0.3) is 0 Å². The molecule has 0 spiro atoms. The predicted octanol–water partition coefficient (Wildman–Crippen LogP) is 3.71. The molecule has 0 aliphatic heterocycles. The molecule has 0 atom stereocenters. The summed E-state index contributed by atoms with van der Waals surface area (Å²) in [4.78, 5) is 0. The van der Waals surface area contributed by atoms with Crippen molar-refractivity contribution in [1.82, 2.24) is 0 Å². The Morgan fingerprint density at radius 2 is 1.50 bits per heavy atom. The van der Waals surface area contributed by atoms with E-state index >= 15 is 0 Å². The van der Waals surface area contributed by atoms with Gasteiger partial charge in [0.05, 0.1) is 0 Å². The van der Waals surface area contributed by atoms with E-state index in [1.165, 1.54) is 6.92 Å². The summed E-state index contributed by atoms with van der Waals surface area (Å²) in [6.45, 7) is 6.27. The third-order valence-corrected chi connectivity index (χ3v) is 2.09. The van der Waals surface area contributed by atoms with E-state index in [4.69, 9.17) is 0 Å². The maximum atomic E-state index is 13.4. The predicted molar refractivity (Wildman–Crippen MR) is 49.8 cm³/mol. The smallest absolute Gasteiger partial charge is 0.165 e. The summed E-state index contributed by atoms with van der Waals surface area (Å²) >= 11 is 0. The zero-order chi connectivity index (χ0) is 11.1. The quantitative estimate of drug-likeness (QED) is 0.562. The Morgan fingerprint density at radius 1 is 1.00 bits per heavy atom. The summed E-state index contributed by atoms with van der Waals surface area (Å²) in [5.74, 6) is -2.72. The molecule has 0 saturated carbocycles.